The van der Waals surface area contributed by atoms with E-state index in [1.165, 1.54) is 10.5 Å². The summed E-state index contributed by atoms with van der Waals surface area (Å²) >= 11 is 1.66. The summed E-state index contributed by atoms with van der Waals surface area (Å²) in [5, 5.41) is 3.17. The molecule has 0 aliphatic rings. The maximum atomic E-state index is 12.1. The highest BCUT2D eigenvalue weighted by atomic mass is 32.1. The van der Waals surface area contributed by atoms with E-state index in [9.17, 15) is 9.59 Å². The van der Waals surface area contributed by atoms with Gasteiger partial charge < -0.3 is 14.6 Å². The Labute approximate surface area is 156 Å². The molecular formula is C20H22N2O3S. The molecule has 6 heteroatoms. The number of benzene rings is 1. The molecule has 136 valence electrons. The number of nitrogens with zero attached hydrogens (tertiary/aromatic N) is 1. The van der Waals surface area contributed by atoms with Crippen molar-refractivity contribution in [3.63, 3.8) is 0 Å². The van der Waals surface area contributed by atoms with Gasteiger partial charge in [-0.1, -0.05) is 17.7 Å². The summed E-state index contributed by atoms with van der Waals surface area (Å²) in [7, 11) is 3.27. The SMILES string of the molecule is Cc1ccc2[nH]c(-c3cccs3)c(CCC(=O)OCC(=O)N(C)C)c2c1. The van der Waals surface area contributed by atoms with Crippen LogP contribution in [-0.4, -0.2) is 42.5 Å². The van der Waals surface area contributed by atoms with E-state index in [1.54, 1.807) is 25.4 Å². The van der Waals surface area contributed by atoms with Crippen molar-refractivity contribution in [3.05, 3.63) is 46.8 Å². The zero-order chi connectivity index (χ0) is 18.7. The molecule has 0 bridgehead atoms. The van der Waals surface area contributed by atoms with Crippen molar-refractivity contribution >= 4 is 34.1 Å². The highest BCUT2D eigenvalue weighted by Gasteiger charge is 2.16. The zero-order valence-corrected chi connectivity index (χ0v) is 16.0. The number of hydrogen-bond acceptors (Lipinski definition) is 4. The molecule has 2 aromatic heterocycles. The number of carbonyl (C=O) groups excluding carboxylic acids is 2. The van der Waals surface area contributed by atoms with Gasteiger partial charge in [-0.15, -0.1) is 11.3 Å². The number of hydrogen-bond donors (Lipinski definition) is 1. The quantitative estimate of drug-likeness (QED) is 0.672. The Bertz CT molecular complexity index is 926. The number of amides is 1. The third-order valence-corrected chi connectivity index (χ3v) is 5.15. The number of ether oxygens (including phenoxy) is 1. The first-order valence-corrected chi connectivity index (χ1v) is 9.34. The van der Waals surface area contributed by atoms with Gasteiger partial charge in [0.2, 0.25) is 0 Å². The Hall–Kier alpha value is -2.60. The van der Waals surface area contributed by atoms with Crippen molar-refractivity contribution in [1.82, 2.24) is 9.88 Å². The summed E-state index contributed by atoms with van der Waals surface area (Å²) in [6, 6.07) is 10.4. The van der Waals surface area contributed by atoms with Crippen LogP contribution in [0.3, 0.4) is 0 Å². The van der Waals surface area contributed by atoms with Gasteiger partial charge in [0, 0.05) is 31.4 Å². The number of aromatic amines is 1. The third-order valence-electron chi connectivity index (χ3n) is 4.26. The largest absolute Gasteiger partial charge is 0.456 e. The molecule has 0 saturated carbocycles. The van der Waals surface area contributed by atoms with Crippen molar-refractivity contribution in [1.29, 1.82) is 0 Å². The topological polar surface area (TPSA) is 62.4 Å². The molecule has 2 heterocycles. The van der Waals surface area contributed by atoms with Crippen LogP contribution >= 0.6 is 11.3 Å². The molecule has 0 saturated heterocycles. The number of likely N-dealkylation sites (N-methyl/N-ethyl adjacent to an activating group) is 1. The van der Waals surface area contributed by atoms with E-state index >= 15 is 0 Å². The Kier molecular flexibility index (Phi) is 5.42. The average Bonchev–Trinajstić information content (AvgIpc) is 3.24. The molecular weight excluding hydrogens is 348 g/mol. The number of H-pyrrole nitrogens is 1. The number of carbonyl (C=O) groups is 2. The van der Waals surface area contributed by atoms with Crippen molar-refractivity contribution in [2.24, 2.45) is 0 Å². The first kappa shape index (κ1) is 18.2. The van der Waals surface area contributed by atoms with Gasteiger partial charge in [0.1, 0.15) is 0 Å². The van der Waals surface area contributed by atoms with Gasteiger partial charge in [-0.2, -0.15) is 0 Å². The molecule has 0 aliphatic heterocycles. The average molecular weight is 370 g/mol. The number of aromatic nitrogens is 1. The molecule has 26 heavy (non-hydrogen) atoms. The van der Waals surface area contributed by atoms with Crippen LogP contribution in [0.15, 0.2) is 35.7 Å². The predicted octanol–water partition coefficient (Wildman–Crippen LogP) is 3.77. The van der Waals surface area contributed by atoms with Crippen molar-refractivity contribution in [2.45, 2.75) is 19.8 Å². The second-order valence-corrected chi connectivity index (χ2v) is 7.40. The summed E-state index contributed by atoms with van der Waals surface area (Å²) in [5.41, 5.74) is 4.40. The van der Waals surface area contributed by atoms with E-state index in [0.29, 0.717) is 6.42 Å². The zero-order valence-electron chi connectivity index (χ0n) is 15.2. The minimum Gasteiger partial charge on any atom is -0.456 e. The van der Waals surface area contributed by atoms with Gasteiger partial charge in [-0.3, -0.25) is 9.59 Å². The second kappa shape index (κ2) is 7.74. The van der Waals surface area contributed by atoms with Crippen molar-refractivity contribution in [2.75, 3.05) is 20.7 Å². The summed E-state index contributed by atoms with van der Waals surface area (Å²) < 4.78 is 5.09. The van der Waals surface area contributed by atoms with Crippen LogP contribution in [0.1, 0.15) is 17.5 Å². The minimum absolute atomic E-state index is 0.212. The van der Waals surface area contributed by atoms with E-state index in [2.05, 4.69) is 36.2 Å². The van der Waals surface area contributed by atoms with Crippen LogP contribution in [0.25, 0.3) is 21.5 Å². The highest BCUT2D eigenvalue weighted by molar-refractivity contribution is 7.13. The van der Waals surface area contributed by atoms with Crippen LogP contribution in [0.5, 0.6) is 0 Å². The fourth-order valence-electron chi connectivity index (χ4n) is 2.82. The van der Waals surface area contributed by atoms with Gasteiger partial charge in [0.05, 0.1) is 10.6 Å². The molecule has 3 aromatic rings. The van der Waals surface area contributed by atoms with Crippen molar-refractivity contribution < 1.29 is 14.3 Å². The molecule has 1 aromatic carbocycles. The fourth-order valence-corrected chi connectivity index (χ4v) is 3.58. The van der Waals surface area contributed by atoms with E-state index < -0.39 is 0 Å². The lowest BCUT2D eigenvalue weighted by Gasteiger charge is -2.10. The number of esters is 1. The summed E-state index contributed by atoms with van der Waals surface area (Å²) in [4.78, 5) is 29.6. The smallest absolute Gasteiger partial charge is 0.306 e. The highest BCUT2D eigenvalue weighted by Crippen LogP contribution is 2.34. The molecule has 0 fully saturated rings. The number of rotatable bonds is 6. The number of fused-ring (bicyclic) bond motifs is 1. The Morgan fingerprint density at radius 1 is 1.23 bits per heavy atom. The summed E-state index contributed by atoms with van der Waals surface area (Å²) in [6.07, 6.45) is 0.797. The van der Waals surface area contributed by atoms with Crippen LogP contribution in [0.2, 0.25) is 0 Å². The molecule has 5 nitrogen and oxygen atoms in total. The molecule has 1 amide bonds. The number of aryl methyl sites for hydroxylation is 2. The second-order valence-electron chi connectivity index (χ2n) is 6.45. The monoisotopic (exact) mass is 370 g/mol. The Morgan fingerprint density at radius 2 is 2.04 bits per heavy atom. The van der Waals surface area contributed by atoms with Gasteiger partial charge in [-0.05, 0) is 42.5 Å². The van der Waals surface area contributed by atoms with Gasteiger partial charge in [-0.25, -0.2) is 0 Å². The lowest BCUT2D eigenvalue weighted by Crippen LogP contribution is -2.27. The van der Waals surface area contributed by atoms with Crippen LogP contribution in [0, 0.1) is 6.92 Å². The number of nitrogens with one attached hydrogen (secondary N) is 1. The first-order valence-electron chi connectivity index (χ1n) is 8.46. The fraction of sp³-hybridized carbons (Fsp3) is 0.300. The maximum absolute atomic E-state index is 12.1. The standard InChI is InChI=1S/C20H22N2O3S/c1-13-6-8-16-15(11-13)14(20(21-16)17-5-4-10-26-17)7-9-19(24)25-12-18(23)22(2)3/h4-6,8,10-11,21H,7,9,12H2,1-3H3. The molecule has 3 rings (SSSR count). The molecule has 0 unspecified atom stereocenters. The molecule has 1 N–H and O–H groups in total. The van der Waals surface area contributed by atoms with E-state index in [0.717, 1.165) is 27.0 Å². The van der Waals surface area contributed by atoms with E-state index in [4.69, 9.17) is 4.74 Å². The van der Waals surface area contributed by atoms with E-state index in [1.807, 2.05) is 11.4 Å². The molecule has 0 radical (unpaired) electrons. The lowest BCUT2D eigenvalue weighted by atomic mass is 10.0. The Morgan fingerprint density at radius 3 is 2.73 bits per heavy atom. The molecule has 0 atom stereocenters. The first-order chi connectivity index (χ1) is 12.5. The Balaban J connectivity index is 1.80. The summed E-state index contributed by atoms with van der Waals surface area (Å²) in [5.74, 6) is -0.584. The van der Waals surface area contributed by atoms with Crippen LogP contribution < -0.4 is 0 Å². The third kappa shape index (κ3) is 3.96. The van der Waals surface area contributed by atoms with Gasteiger partial charge in [0.25, 0.3) is 5.91 Å². The van der Waals surface area contributed by atoms with Crippen LogP contribution in [-0.2, 0) is 20.7 Å². The van der Waals surface area contributed by atoms with Gasteiger partial charge in [0.15, 0.2) is 6.61 Å². The van der Waals surface area contributed by atoms with Crippen LogP contribution in [0.4, 0.5) is 0 Å². The summed E-state index contributed by atoms with van der Waals surface area (Å²) in [6.45, 7) is 1.85. The predicted molar refractivity (Wildman–Crippen MR) is 104 cm³/mol. The molecule has 0 spiro atoms. The van der Waals surface area contributed by atoms with E-state index in [-0.39, 0.29) is 24.9 Å². The van der Waals surface area contributed by atoms with Crippen molar-refractivity contribution in [3.8, 4) is 10.6 Å². The van der Waals surface area contributed by atoms with Gasteiger partial charge >= 0.3 is 5.97 Å². The maximum Gasteiger partial charge on any atom is 0.306 e. The molecule has 0 aliphatic carbocycles. The lowest BCUT2D eigenvalue weighted by molar-refractivity contribution is -0.151. The minimum atomic E-state index is -0.362. The normalized spacial score (nSPS) is 10.9. The number of thiophene rings is 1.